The molecule has 3 aromatic rings. The number of rotatable bonds is 9. The zero-order valence-electron chi connectivity index (χ0n) is 18.5. The summed E-state index contributed by atoms with van der Waals surface area (Å²) in [7, 11) is -0.616. The Bertz CT molecular complexity index is 1240. The number of fused-ring (bicyclic) bond motifs is 1. The van der Waals surface area contributed by atoms with Crippen LogP contribution >= 0.6 is 11.6 Å². The summed E-state index contributed by atoms with van der Waals surface area (Å²) in [4.78, 5) is 16.9. The molecule has 0 aliphatic carbocycles. The van der Waals surface area contributed by atoms with Crippen molar-refractivity contribution in [2.75, 3.05) is 20.7 Å². The second-order valence-electron chi connectivity index (χ2n) is 7.48. The SMILES string of the molecule is CCCn1c(COC(=O)COc2ccc(Cl)cc2C)nc2cc(S(=O)(=O)N(C)C)ccc21. The molecular formula is C22H26ClN3O5S. The molecule has 0 amide bonds. The van der Waals surface area contributed by atoms with E-state index in [1.807, 2.05) is 18.4 Å². The molecule has 0 unspecified atom stereocenters. The lowest BCUT2D eigenvalue weighted by atomic mass is 10.2. The standard InChI is InChI=1S/C22H26ClN3O5S/c1-5-10-26-19-8-7-17(32(28,29)25(3)4)12-18(19)24-21(26)13-31-22(27)14-30-20-9-6-16(23)11-15(20)2/h6-9,11-12H,5,10,13-14H2,1-4H3. The van der Waals surface area contributed by atoms with Gasteiger partial charge in [-0.3, -0.25) is 0 Å². The highest BCUT2D eigenvalue weighted by Gasteiger charge is 2.20. The van der Waals surface area contributed by atoms with Crippen molar-refractivity contribution < 1.29 is 22.7 Å². The van der Waals surface area contributed by atoms with Crippen molar-refractivity contribution in [1.82, 2.24) is 13.9 Å². The summed E-state index contributed by atoms with van der Waals surface area (Å²) in [5.41, 5.74) is 2.13. The smallest absolute Gasteiger partial charge is 0.344 e. The average molecular weight is 480 g/mol. The summed E-state index contributed by atoms with van der Waals surface area (Å²) >= 11 is 5.93. The largest absolute Gasteiger partial charge is 0.482 e. The van der Waals surface area contributed by atoms with Crippen molar-refractivity contribution in [1.29, 1.82) is 0 Å². The van der Waals surface area contributed by atoms with E-state index in [2.05, 4.69) is 4.98 Å². The fourth-order valence-corrected chi connectivity index (χ4v) is 4.36. The molecule has 0 bridgehead atoms. The van der Waals surface area contributed by atoms with Crippen molar-refractivity contribution in [3.8, 4) is 5.75 Å². The first-order valence-corrected chi connectivity index (χ1v) is 11.9. The van der Waals surface area contributed by atoms with E-state index in [1.54, 1.807) is 30.3 Å². The molecule has 0 aliphatic heterocycles. The third kappa shape index (κ3) is 5.23. The summed E-state index contributed by atoms with van der Waals surface area (Å²) in [6, 6.07) is 9.96. The number of carbonyl (C=O) groups is 1. The fourth-order valence-electron chi connectivity index (χ4n) is 3.21. The van der Waals surface area contributed by atoms with Crippen molar-refractivity contribution in [2.45, 2.75) is 38.3 Å². The van der Waals surface area contributed by atoms with Gasteiger partial charge in [-0.1, -0.05) is 18.5 Å². The summed E-state index contributed by atoms with van der Waals surface area (Å²) in [5, 5.41) is 0.591. The Morgan fingerprint density at radius 1 is 1.19 bits per heavy atom. The van der Waals surface area contributed by atoms with E-state index in [9.17, 15) is 13.2 Å². The number of imidazole rings is 1. The second-order valence-corrected chi connectivity index (χ2v) is 10.1. The summed E-state index contributed by atoms with van der Waals surface area (Å²) < 4.78 is 38.9. The first kappa shape index (κ1) is 24.0. The maximum absolute atomic E-state index is 12.4. The lowest BCUT2D eigenvalue weighted by molar-refractivity contribution is -0.147. The van der Waals surface area contributed by atoms with Gasteiger partial charge < -0.3 is 14.0 Å². The van der Waals surface area contributed by atoms with Gasteiger partial charge in [0.25, 0.3) is 0 Å². The molecular weight excluding hydrogens is 454 g/mol. The molecule has 0 aliphatic rings. The summed E-state index contributed by atoms with van der Waals surface area (Å²) in [5.74, 6) is 0.557. The van der Waals surface area contributed by atoms with Crippen LogP contribution in [-0.2, 0) is 32.7 Å². The van der Waals surface area contributed by atoms with Gasteiger partial charge in [-0.2, -0.15) is 0 Å². The number of hydrogen-bond acceptors (Lipinski definition) is 6. The minimum absolute atomic E-state index is 0.0494. The van der Waals surface area contributed by atoms with Gasteiger partial charge in [0.05, 0.1) is 15.9 Å². The lowest BCUT2D eigenvalue weighted by Crippen LogP contribution is -2.22. The zero-order valence-corrected chi connectivity index (χ0v) is 20.0. The zero-order chi connectivity index (χ0) is 23.5. The monoisotopic (exact) mass is 479 g/mol. The molecule has 0 atom stereocenters. The molecule has 0 N–H and O–H groups in total. The van der Waals surface area contributed by atoms with E-state index >= 15 is 0 Å². The third-order valence-electron chi connectivity index (χ3n) is 4.87. The van der Waals surface area contributed by atoms with E-state index in [1.165, 1.54) is 20.2 Å². The van der Waals surface area contributed by atoms with Crippen LogP contribution in [0.2, 0.25) is 5.02 Å². The van der Waals surface area contributed by atoms with E-state index in [-0.39, 0.29) is 18.1 Å². The van der Waals surface area contributed by atoms with Gasteiger partial charge >= 0.3 is 5.97 Å². The molecule has 0 spiro atoms. The number of benzene rings is 2. The molecule has 1 heterocycles. The quantitative estimate of drug-likeness (QED) is 0.434. The minimum Gasteiger partial charge on any atom is -0.482 e. The first-order valence-electron chi connectivity index (χ1n) is 10.1. The van der Waals surface area contributed by atoms with Gasteiger partial charge in [0.15, 0.2) is 6.61 Å². The van der Waals surface area contributed by atoms with Gasteiger partial charge in [-0.25, -0.2) is 22.5 Å². The number of halogens is 1. The predicted octanol–water partition coefficient (Wildman–Crippen LogP) is 3.78. The van der Waals surface area contributed by atoms with Crippen molar-refractivity contribution in [2.24, 2.45) is 0 Å². The van der Waals surface area contributed by atoms with Crippen molar-refractivity contribution >= 4 is 38.6 Å². The van der Waals surface area contributed by atoms with Crippen LogP contribution < -0.4 is 4.74 Å². The lowest BCUT2D eigenvalue weighted by Gasteiger charge is -2.11. The molecule has 2 aromatic carbocycles. The van der Waals surface area contributed by atoms with Crippen LogP contribution in [0, 0.1) is 6.92 Å². The van der Waals surface area contributed by atoms with Crippen molar-refractivity contribution in [3.63, 3.8) is 0 Å². The normalized spacial score (nSPS) is 11.8. The minimum atomic E-state index is -3.58. The Labute approximate surface area is 192 Å². The van der Waals surface area contributed by atoms with Gasteiger partial charge in [0.1, 0.15) is 18.2 Å². The van der Waals surface area contributed by atoms with E-state index in [0.717, 1.165) is 21.8 Å². The topological polar surface area (TPSA) is 90.7 Å². The molecule has 0 radical (unpaired) electrons. The predicted molar refractivity (Wildman–Crippen MR) is 122 cm³/mol. The number of aromatic nitrogens is 2. The highest BCUT2D eigenvalue weighted by Crippen LogP contribution is 2.24. The Kier molecular flexibility index (Phi) is 7.43. The molecule has 0 saturated heterocycles. The molecule has 32 heavy (non-hydrogen) atoms. The van der Waals surface area contributed by atoms with Crippen LogP contribution in [0.1, 0.15) is 24.7 Å². The Balaban J connectivity index is 1.75. The fraction of sp³-hybridized carbons (Fsp3) is 0.364. The molecule has 10 heteroatoms. The molecule has 1 aromatic heterocycles. The number of hydrogen-bond donors (Lipinski definition) is 0. The Morgan fingerprint density at radius 3 is 2.59 bits per heavy atom. The molecule has 8 nitrogen and oxygen atoms in total. The van der Waals surface area contributed by atoms with Crippen LogP contribution in [0.25, 0.3) is 11.0 Å². The van der Waals surface area contributed by atoms with Gasteiger partial charge in [0, 0.05) is 25.7 Å². The van der Waals surface area contributed by atoms with Gasteiger partial charge in [0.2, 0.25) is 10.0 Å². The summed E-state index contributed by atoms with van der Waals surface area (Å²) in [6.07, 6.45) is 0.836. The Morgan fingerprint density at radius 2 is 1.94 bits per heavy atom. The molecule has 0 saturated carbocycles. The van der Waals surface area contributed by atoms with Crippen LogP contribution in [0.3, 0.4) is 0 Å². The average Bonchev–Trinajstić information content (AvgIpc) is 3.08. The van der Waals surface area contributed by atoms with E-state index in [4.69, 9.17) is 21.1 Å². The number of ether oxygens (including phenoxy) is 2. The van der Waals surface area contributed by atoms with Gasteiger partial charge in [-0.05, 0) is 55.3 Å². The number of sulfonamides is 1. The highest BCUT2D eigenvalue weighted by molar-refractivity contribution is 7.89. The van der Waals surface area contributed by atoms with Crippen LogP contribution in [0.4, 0.5) is 0 Å². The number of esters is 1. The molecule has 0 fully saturated rings. The Hall–Kier alpha value is -2.62. The molecule has 172 valence electrons. The number of carbonyl (C=O) groups excluding carboxylic acids is 1. The number of aryl methyl sites for hydroxylation is 2. The maximum atomic E-state index is 12.4. The first-order chi connectivity index (χ1) is 15.1. The van der Waals surface area contributed by atoms with Crippen LogP contribution in [0.15, 0.2) is 41.3 Å². The maximum Gasteiger partial charge on any atom is 0.344 e. The summed E-state index contributed by atoms with van der Waals surface area (Å²) in [6.45, 7) is 4.22. The van der Waals surface area contributed by atoms with E-state index in [0.29, 0.717) is 28.7 Å². The van der Waals surface area contributed by atoms with Crippen LogP contribution in [-0.4, -0.2) is 48.9 Å². The number of nitrogens with zero attached hydrogens (tertiary/aromatic N) is 3. The van der Waals surface area contributed by atoms with Crippen molar-refractivity contribution in [3.05, 3.63) is 52.8 Å². The molecule has 3 rings (SSSR count). The highest BCUT2D eigenvalue weighted by atomic mass is 35.5. The van der Waals surface area contributed by atoms with Gasteiger partial charge in [-0.15, -0.1) is 0 Å². The third-order valence-corrected chi connectivity index (χ3v) is 6.92. The second kappa shape index (κ2) is 9.89. The van der Waals surface area contributed by atoms with Crippen LogP contribution in [0.5, 0.6) is 5.75 Å². The van der Waals surface area contributed by atoms with E-state index < -0.39 is 16.0 Å².